The minimum absolute atomic E-state index is 0.0584. The standard InChI is InChI=1S/C41H47N2O8PS2/c1-26(2)28-20-21-40(4)36(22-28)51-52(53,54-40)50-34-23-37(43-24-27(3)38(44)42-39(43)45)49-35(34)25-48-41(29-10-8-7-9-11-29,30-12-16-32(46-5)17-13-30)31-14-18-33(47-6)19-15-31/h7-19,24,28,34-37H,1,20-23,25H2,2-6H3,(H,42,44,45)/t28-,34+,35-,36+,37-,40+,52-/m1/s1. The Bertz CT molecular complexity index is 2090. The summed E-state index contributed by atoms with van der Waals surface area (Å²) in [6, 6.07) is 25.7. The lowest BCUT2D eigenvalue weighted by atomic mass is 9.77. The number of aromatic amines is 1. The zero-order valence-electron chi connectivity index (χ0n) is 31.2. The Morgan fingerprint density at radius 3 is 2.20 bits per heavy atom. The summed E-state index contributed by atoms with van der Waals surface area (Å²) in [4.78, 5) is 27.9. The third-order valence-corrected chi connectivity index (χ3v) is 16.8. The number of benzene rings is 3. The first-order valence-corrected chi connectivity index (χ1v) is 22.2. The van der Waals surface area contributed by atoms with Crippen LogP contribution < -0.4 is 20.7 Å². The quantitative estimate of drug-likeness (QED) is 0.0861. The molecule has 13 heteroatoms. The van der Waals surface area contributed by atoms with Gasteiger partial charge in [0.15, 0.2) is 0 Å². The Morgan fingerprint density at radius 2 is 1.61 bits per heavy atom. The maximum atomic E-state index is 13.2. The zero-order valence-corrected chi connectivity index (χ0v) is 33.7. The van der Waals surface area contributed by atoms with Gasteiger partial charge in [0, 0.05) is 22.9 Å². The molecule has 1 aromatic heterocycles. The molecule has 1 N–H and O–H groups in total. The van der Waals surface area contributed by atoms with E-state index in [1.54, 1.807) is 32.5 Å². The molecule has 0 unspecified atom stereocenters. The Balaban J connectivity index is 1.27. The maximum Gasteiger partial charge on any atom is 0.330 e. The summed E-state index contributed by atoms with van der Waals surface area (Å²) >= 11 is 7.92. The summed E-state index contributed by atoms with van der Waals surface area (Å²) in [5, 5.41) is 0. The number of aryl methyl sites for hydroxylation is 1. The molecule has 3 aliphatic rings. The van der Waals surface area contributed by atoms with Crippen molar-refractivity contribution in [3.8, 4) is 11.5 Å². The number of hydrogen-bond donors (Lipinski definition) is 1. The van der Waals surface area contributed by atoms with Crippen molar-refractivity contribution >= 4 is 28.9 Å². The average molecular weight is 791 g/mol. The molecular weight excluding hydrogens is 744 g/mol. The maximum absolute atomic E-state index is 13.2. The Hall–Kier alpha value is -3.48. The molecule has 4 aromatic rings. The van der Waals surface area contributed by atoms with E-state index >= 15 is 0 Å². The van der Waals surface area contributed by atoms with Crippen LogP contribution in [0.5, 0.6) is 11.5 Å². The predicted molar refractivity (Wildman–Crippen MR) is 215 cm³/mol. The lowest BCUT2D eigenvalue weighted by molar-refractivity contribution is -0.0917. The van der Waals surface area contributed by atoms with E-state index < -0.39 is 41.0 Å². The minimum Gasteiger partial charge on any atom is -0.497 e. The van der Waals surface area contributed by atoms with Gasteiger partial charge in [0.05, 0.1) is 33.0 Å². The first-order chi connectivity index (χ1) is 25.9. The van der Waals surface area contributed by atoms with E-state index in [9.17, 15) is 9.59 Å². The Morgan fingerprint density at radius 1 is 1.00 bits per heavy atom. The van der Waals surface area contributed by atoms with E-state index in [1.807, 2.05) is 78.9 Å². The number of nitrogens with one attached hydrogen (secondary N) is 1. The van der Waals surface area contributed by atoms with Gasteiger partial charge in [-0.3, -0.25) is 14.3 Å². The molecule has 54 heavy (non-hydrogen) atoms. The highest BCUT2D eigenvalue weighted by molar-refractivity contribution is 8.68. The SMILES string of the molecule is C=C(C)[C@@H]1CC[C@]2(C)S[P@](=S)(O[C@H]3C[C@H](n4cc(C)c(=O)[nH]c4=O)O[C@@H]3COC(c3ccccc3)(c3ccc(OC)cc3)c3ccc(OC)cc3)O[C@H]2C1. The first kappa shape index (κ1) is 38.8. The number of H-pyrrole nitrogens is 1. The Kier molecular flexibility index (Phi) is 11.2. The minimum atomic E-state index is -2.88. The van der Waals surface area contributed by atoms with Crippen molar-refractivity contribution in [2.24, 2.45) is 5.92 Å². The monoisotopic (exact) mass is 790 g/mol. The molecule has 286 valence electrons. The molecule has 0 amide bonds. The van der Waals surface area contributed by atoms with Crippen molar-refractivity contribution in [2.75, 3.05) is 20.8 Å². The molecule has 1 saturated carbocycles. The van der Waals surface area contributed by atoms with Gasteiger partial charge < -0.3 is 28.0 Å². The number of methoxy groups -OCH3 is 2. The van der Waals surface area contributed by atoms with Crippen LogP contribution in [0.3, 0.4) is 0 Å². The van der Waals surface area contributed by atoms with Crippen LogP contribution in [0, 0.1) is 12.8 Å². The third-order valence-electron chi connectivity index (χ3n) is 11.0. The van der Waals surface area contributed by atoms with Gasteiger partial charge in [0.2, 0.25) is 5.69 Å². The molecule has 0 bridgehead atoms. The fraction of sp³-hybridized carbons (Fsp3) is 0.415. The summed E-state index contributed by atoms with van der Waals surface area (Å²) in [6.45, 7) is 10.2. The molecule has 0 spiro atoms. The number of aromatic nitrogens is 2. The van der Waals surface area contributed by atoms with E-state index in [-0.39, 0.29) is 17.5 Å². The van der Waals surface area contributed by atoms with E-state index in [1.165, 1.54) is 10.8 Å². The van der Waals surface area contributed by atoms with Crippen molar-refractivity contribution in [1.82, 2.24) is 9.55 Å². The summed E-state index contributed by atoms with van der Waals surface area (Å²) < 4.78 is 39.9. The van der Waals surface area contributed by atoms with Gasteiger partial charge in [-0.15, -0.1) is 0 Å². The first-order valence-electron chi connectivity index (χ1n) is 18.2. The number of fused-ring (bicyclic) bond motifs is 1. The van der Waals surface area contributed by atoms with Crippen molar-refractivity contribution in [3.05, 3.63) is 140 Å². The van der Waals surface area contributed by atoms with Gasteiger partial charge in [0.1, 0.15) is 29.4 Å². The summed E-state index contributed by atoms with van der Waals surface area (Å²) in [5.41, 5.74) is -0.818. The van der Waals surface area contributed by atoms with Crippen LogP contribution in [0.4, 0.5) is 0 Å². The summed E-state index contributed by atoms with van der Waals surface area (Å²) in [7, 11) is 3.27. The molecule has 1 aliphatic carbocycles. The normalized spacial score (nSPS) is 28.1. The molecule has 3 aromatic carbocycles. The van der Waals surface area contributed by atoms with Crippen LogP contribution in [-0.2, 0) is 35.9 Å². The van der Waals surface area contributed by atoms with Crippen LogP contribution in [0.2, 0.25) is 0 Å². The molecule has 0 radical (unpaired) electrons. The number of ether oxygens (including phenoxy) is 4. The van der Waals surface area contributed by atoms with Crippen LogP contribution in [-0.4, -0.2) is 53.4 Å². The lowest BCUT2D eigenvalue weighted by Gasteiger charge is -2.37. The fourth-order valence-corrected chi connectivity index (χ4v) is 15.4. The average Bonchev–Trinajstić information content (AvgIpc) is 3.69. The van der Waals surface area contributed by atoms with Gasteiger partial charge in [-0.25, -0.2) is 4.79 Å². The van der Waals surface area contributed by atoms with E-state index in [0.29, 0.717) is 29.4 Å². The van der Waals surface area contributed by atoms with Gasteiger partial charge in [-0.2, -0.15) is 0 Å². The topological polar surface area (TPSA) is 110 Å². The van der Waals surface area contributed by atoms with E-state index in [4.69, 9.17) is 39.8 Å². The largest absolute Gasteiger partial charge is 0.497 e. The highest BCUT2D eigenvalue weighted by Crippen LogP contribution is 2.76. The second kappa shape index (κ2) is 15.6. The smallest absolute Gasteiger partial charge is 0.330 e. The molecule has 2 saturated heterocycles. The number of nitrogens with zero attached hydrogens (tertiary/aromatic N) is 1. The molecule has 3 fully saturated rings. The van der Waals surface area contributed by atoms with Crippen molar-refractivity contribution < 1.29 is 28.0 Å². The van der Waals surface area contributed by atoms with Crippen molar-refractivity contribution in [3.63, 3.8) is 0 Å². The molecule has 7 atom stereocenters. The molecular formula is C41H47N2O8PS2. The Labute approximate surface area is 325 Å². The second-order valence-electron chi connectivity index (χ2n) is 14.6. The number of allylic oxidation sites excluding steroid dienone is 1. The van der Waals surface area contributed by atoms with Gasteiger partial charge in [-0.05, 0) is 98.7 Å². The highest BCUT2D eigenvalue weighted by Gasteiger charge is 2.55. The lowest BCUT2D eigenvalue weighted by Crippen LogP contribution is -2.39. The number of rotatable bonds is 12. The highest BCUT2D eigenvalue weighted by atomic mass is 32.9. The summed E-state index contributed by atoms with van der Waals surface area (Å²) in [6.07, 6.45) is 2.59. The zero-order chi connectivity index (χ0) is 38.3. The van der Waals surface area contributed by atoms with E-state index in [2.05, 4.69) is 25.4 Å². The molecule has 2 aliphatic heterocycles. The van der Waals surface area contributed by atoms with Crippen molar-refractivity contribution in [2.45, 2.75) is 81.3 Å². The number of hydrogen-bond acceptors (Lipinski definition) is 10. The third kappa shape index (κ3) is 7.54. The van der Waals surface area contributed by atoms with Crippen LogP contribution in [0.15, 0.2) is 107 Å². The molecule has 7 rings (SSSR count). The van der Waals surface area contributed by atoms with Crippen LogP contribution in [0.1, 0.15) is 68.0 Å². The molecule has 3 heterocycles. The van der Waals surface area contributed by atoms with E-state index in [0.717, 1.165) is 41.5 Å². The van der Waals surface area contributed by atoms with Gasteiger partial charge in [0.25, 0.3) is 5.56 Å². The van der Waals surface area contributed by atoms with Crippen LogP contribution in [0.25, 0.3) is 0 Å². The van der Waals surface area contributed by atoms with Crippen molar-refractivity contribution in [1.29, 1.82) is 0 Å². The second-order valence-corrected chi connectivity index (χ2v) is 21.1. The molecule has 10 nitrogen and oxygen atoms in total. The summed E-state index contributed by atoms with van der Waals surface area (Å²) in [5.74, 6) is 1.80. The fourth-order valence-electron chi connectivity index (χ4n) is 7.81. The van der Waals surface area contributed by atoms with Gasteiger partial charge >= 0.3 is 5.69 Å². The van der Waals surface area contributed by atoms with Crippen LogP contribution >= 0.6 is 17.1 Å². The van der Waals surface area contributed by atoms with Gasteiger partial charge in [-0.1, -0.05) is 78.1 Å². The predicted octanol–water partition coefficient (Wildman–Crippen LogP) is 8.04.